The summed E-state index contributed by atoms with van der Waals surface area (Å²) in [5.74, 6) is -18.0. The number of rotatable bonds is 16. The summed E-state index contributed by atoms with van der Waals surface area (Å²) in [5.41, 5.74) is 45.2. The van der Waals surface area contributed by atoms with Crippen molar-refractivity contribution in [2.75, 3.05) is 43.0 Å². The van der Waals surface area contributed by atoms with Crippen molar-refractivity contribution in [2.24, 2.45) is 34.4 Å². The fourth-order valence-corrected chi connectivity index (χ4v) is 12.4. The minimum atomic E-state index is -3.04. The number of anilines is 11. The number of nitrogens with zero attached hydrogens (tertiary/aromatic N) is 6. The summed E-state index contributed by atoms with van der Waals surface area (Å²) in [6.07, 6.45) is 1.40. The van der Waals surface area contributed by atoms with Gasteiger partial charge in [0.1, 0.15) is 28.9 Å². The number of hydrogen-bond acceptors (Lipinski definition) is 20. The Morgan fingerprint density at radius 3 is 0.937 bits per heavy atom. The van der Waals surface area contributed by atoms with Crippen LogP contribution >= 0.6 is 11.6 Å². The molecular formula is C76H85ClF12N20O2. The molecular weight excluding hydrogens is 1490 g/mol. The van der Waals surface area contributed by atoms with Crippen molar-refractivity contribution in [1.29, 1.82) is 10.5 Å². The van der Waals surface area contributed by atoms with E-state index in [9.17, 15) is 67.5 Å². The third-order valence-corrected chi connectivity index (χ3v) is 19.0. The van der Waals surface area contributed by atoms with Gasteiger partial charge < -0.3 is 77.4 Å². The summed E-state index contributed by atoms with van der Waals surface area (Å²) >= 11 is 5.69. The number of nitriles is 2. The van der Waals surface area contributed by atoms with E-state index < -0.39 is 107 Å². The van der Waals surface area contributed by atoms with Crippen molar-refractivity contribution in [1.82, 2.24) is 19.9 Å². The lowest BCUT2D eigenvalue weighted by Crippen LogP contribution is -2.55. The molecule has 0 spiro atoms. The zero-order chi connectivity index (χ0) is 81.4. The van der Waals surface area contributed by atoms with Crippen LogP contribution in [0.1, 0.15) is 131 Å². The summed E-state index contributed by atoms with van der Waals surface area (Å²) in [4.78, 5) is 39.4. The smallest absolute Gasteiger partial charge is 0.264 e. The topological polar surface area (TPSA) is 400 Å². The van der Waals surface area contributed by atoms with Crippen molar-refractivity contribution >= 4 is 86.9 Å². The number of nitrogens with two attached hydrogens (primary N) is 7. The lowest BCUT2D eigenvalue weighted by Gasteiger charge is -2.36. The Labute approximate surface area is 637 Å². The molecule has 4 fully saturated rings. The van der Waals surface area contributed by atoms with E-state index in [0.29, 0.717) is 42.7 Å². The van der Waals surface area contributed by atoms with Gasteiger partial charge in [0.2, 0.25) is 0 Å². The highest BCUT2D eigenvalue weighted by atomic mass is 35.5. The van der Waals surface area contributed by atoms with E-state index in [0.717, 1.165) is 46.6 Å². The Morgan fingerprint density at radius 2 is 0.658 bits per heavy atom. The number of primary amides is 2. The molecule has 35 heteroatoms. The Balaban J connectivity index is 0.000000180. The highest BCUT2D eigenvalue weighted by Gasteiger charge is 2.48. The van der Waals surface area contributed by atoms with Crippen LogP contribution in [-0.2, 0) is 0 Å². The zero-order valence-corrected chi connectivity index (χ0v) is 61.4. The molecule has 592 valence electrons. The maximum absolute atomic E-state index is 14.5. The van der Waals surface area contributed by atoms with E-state index in [1.54, 1.807) is 42.5 Å². The summed E-state index contributed by atoms with van der Waals surface area (Å²) < 4.78 is 167. The number of aryl methyl sites for hydroxylation is 4. The zero-order valence-electron chi connectivity index (χ0n) is 60.6. The minimum absolute atomic E-state index is 0.0110. The number of nitrogen functional groups attached to an aromatic ring is 1. The average Bonchev–Trinajstić information content (AvgIpc) is 0.809. The fourth-order valence-electron chi connectivity index (χ4n) is 12.2. The van der Waals surface area contributed by atoms with E-state index in [4.69, 9.17) is 57.0 Å². The Hall–Kier alpha value is -10.9. The first-order valence-electron chi connectivity index (χ1n) is 35.1. The molecule has 4 aromatic carbocycles. The van der Waals surface area contributed by atoms with Gasteiger partial charge in [-0.25, -0.2) is 72.6 Å². The van der Waals surface area contributed by atoms with Gasteiger partial charge >= 0.3 is 0 Å². The molecule has 22 nitrogen and oxygen atoms in total. The summed E-state index contributed by atoms with van der Waals surface area (Å²) in [6, 6.07) is 27.8. The number of nitrogens with one attached hydrogen (secondary N) is 7. The quantitative estimate of drug-likeness (QED) is 0.0243. The van der Waals surface area contributed by atoms with Crippen molar-refractivity contribution in [2.45, 2.75) is 177 Å². The Kier molecular flexibility index (Phi) is 28.7. The molecule has 4 heterocycles. The number of hydrogen-bond donors (Lipinski definition) is 14. The molecule has 0 radical (unpaired) electrons. The summed E-state index contributed by atoms with van der Waals surface area (Å²) in [5, 5.41) is 37.2. The van der Waals surface area contributed by atoms with E-state index >= 15 is 0 Å². The normalized spacial score (nSPS) is 21.0. The predicted octanol–water partition coefficient (Wildman–Crippen LogP) is 14.9. The number of halogens is 13. The molecule has 8 atom stereocenters. The highest BCUT2D eigenvalue weighted by molar-refractivity contribution is 6.30. The van der Waals surface area contributed by atoms with Crippen LogP contribution in [0.2, 0.25) is 5.15 Å². The third kappa shape index (κ3) is 23.1. The number of benzene rings is 4. The van der Waals surface area contributed by atoms with Gasteiger partial charge in [0, 0.05) is 72.6 Å². The molecule has 21 N–H and O–H groups in total. The Bertz CT molecular complexity index is 4450. The Morgan fingerprint density at radius 1 is 0.405 bits per heavy atom. The first kappa shape index (κ1) is 85.7. The largest absolute Gasteiger partial charge is 0.399 e. The number of carbonyl (C=O) groups is 2. The maximum atomic E-state index is 14.5. The molecule has 4 saturated carbocycles. The number of aromatic nitrogens is 4. The van der Waals surface area contributed by atoms with Crippen LogP contribution in [0.5, 0.6) is 0 Å². The fraction of sp³-hybridized carbons (Fsp3) is 0.368. The van der Waals surface area contributed by atoms with Gasteiger partial charge in [-0.3, -0.25) is 9.59 Å². The van der Waals surface area contributed by atoms with Gasteiger partial charge in [0.05, 0.1) is 46.4 Å². The lowest BCUT2D eigenvalue weighted by atomic mass is 9.87. The molecule has 2 amide bonds. The first-order valence-corrected chi connectivity index (χ1v) is 35.5. The van der Waals surface area contributed by atoms with Gasteiger partial charge in [-0.15, -0.1) is 0 Å². The summed E-state index contributed by atoms with van der Waals surface area (Å²) in [7, 11) is 0. The first-order chi connectivity index (χ1) is 52.3. The lowest BCUT2D eigenvalue weighted by molar-refractivity contribution is -0.0559. The molecule has 0 aliphatic heterocycles. The molecule has 0 saturated heterocycles. The van der Waals surface area contributed by atoms with Gasteiger partial charge in [-0.1, -0.05) is 82.4 Å². The molecule has 111 heavy (non-hydrogen) atoms. The van der Waals surface area contributed by atoms with Gasteiger partial charge in [-0.2, -0.15) is 10.5 Å². The monoisotopic (exact) mass is 1570 g/mol. The predicted molar refractivity (Wildman–Crippen MR) is 404 cm³/mol. The standard InChI is InChI=1S/2C19H22F3N5O.C19H20F3N5.C12H12ClF3N4.C7H9N/c2*1-10-4-6-11(7-5-10)25-17-12(16(24)28)9-13(20)18(27-17)26-14-3-2-8-19(21,22)15(14)23;1-11-4-6-13(7-5-11)25-17-12(10-23)9-14(20)18(27-17)26-15-3-2-8-19(21,22)16(15)24;13-10-6(5-17)4-7(14)11(20-10)19-8-2-1-3-12(15,16)9(8)18;1-6-2-4-7(8)5-3-6/h2*4-7,9,14-15H,2-3,8,23H2,1H3,(H2,24,28)(H2,25,26,27);4-7,9,15-16H,2-3,8,24H2,1H3,(H2,25,26,27);4,8-9H,1-3,18H2,(H,19,20);2-5H,8H2,1H3/t2*14-,15-;15-,16-;8-,9-;/m1111./s1. The van der Waals surface area contributed by atoms with Crippen LogP contribution in [0.25, 0.3) is 0 Å². The van der Waals surface area contributed by atoms with Crippen LogP contribution in [-0.4, -0.2) is 104 Å². The second-order valence-corrected chi connectivity index (χ2v) is 27.7. The molecule has 0 bridgehead atoms. The van der Waals surface area contributed by atoms with Crippen LogP contribution in [0.3, 0.4) is 0 Å². The van der Waals surface area contributed by atoms with Gasteiger partial charge in [0.25, 0.3) is 35.5 Å². The molecule has 0 unspecified atom stereocenters. The van der Waals surface area contributed by atoms with Gasteiger partial charge in [-0.05, 0) is 152 Å². The van der Waals surface area contributed by atoms with Crippen LogP contribution < -0.4 is 77.4 Å². The van der Waals surface area contributed by atoms with E-state index in [1.165, 1.54) is 5.56 Å². The number of pyridine rings is 4. The highest BCUT2D eigenvalue weighted by Crippen LogP contribution is 2.40. The van der Waals surface area contributed by atoms with E-state index in [1.807, 2.05) is 94.4 Å². The SMILES string of the molecule is Cc1ccc(N)cc1.Cc1ccc(Nc2nc(N[C@@H]3CCCC(F)(F)[C@@H]3N)c(F)cc2C#N)cc1.Cc1ccc(Nc2nc(N[C@@H]3CCCC(F)(F)[C@@H]3N)c(F)cc2C(N)=O)cc1.Cc1ccc(Nc2nc(N[C@@H]3CCCC(F)(F)[C@@H]3N)c(F)cc2C(N)=O)cc1.N#Cc1cc(F)c(N[C@@H]2CCCC(F)(F)[C@@H]2N)nc1Cl. The van der Waals surface area contributed by atoms with Crippen molar-refractivity contribution in [3.8, 4) is 12.1 Å². The number of amides is 2. The van der Waals surface area contributed by atoms with Crippen molar-refractivity contribution < 1.29 is 62.3 Å². The van der Waals surface area contributed by atoms with E-state index in [2.05, 4.69) is 57.2 Å². The maximum Gasteiger partial charge on any atom is 0.264 e. The van der Waals surface area contributed by atoms with E-state index in [-0.39, 0.29) is 119 Å². The summed E-state index contributed by atoms with van der Waals surface area (Å²) in [6.45, 7) is 7.81. The van der Waals surface area contributed by atoms with Crippen LogP contribution in [0.15, 0.2) is 121 Å². The third-order valence-electron chi connectivity index (χ3n) is 18.7. The molecule has 4 aliphatic carbocycles. The average molecular weight is 1570 g/mol. The van der Waals surface area contributed by atoms with Crippen LogP contribution in [0.4, 0.5) is 116 Å². The second kappa shape index (κ2) is 37.2. The van der Waals surface area contributed by atoms with Crippen molar-refractivity contribution in [3.05, 3.63) is 194 Å². The molecule has 4 aromatic heterocycles. The molecule has 4 aliphatic rings. The van der Waals surface area contributed by atoms with Crippen LogP contribution in [0, 0.1) is 73.6 Å². The number of carbonyl (C=O) groups excluding carboxylic acids is 2. The molecule has 8 aromatic rings. The molecule has 12 rings (SSSR count). The van der Waals surface area contributed by atoms with Crippen molar-refractivity contribution in [3.63, 3.8) is 0 Å². The second-order valence-electron chi connectivity index (χ2n) is 27.4. The number of alkyl halides is 8. The van der Waals surface area contributed by atoms with Gasteiger partial charge in [0.15, 0.2) is 52.4 Å². The minimum Gasteiger partial charge on any atom is -0.399 e.